The average molecular weight is 370 g/mol. The largest absolute Gasteiger partial charge is 0.474 e. The zero-order valence-electron chi connectivity index (χ0n) is 16.7. The van der Waals surface area contributed by atoms with E-state index in [2.05, 4.69) is 75.4 Å². The van der Waals surface area contributed by atoms with Crippen LogP contribution in [0.1, 0.15) is 49.2 Å². The molecule has 3 aromatic rings. The van der Waals surface area contributed by atoms with E-state index in [0.717, 1.165) is 11.4 Å². The standard InChI is InChI=1S/C25H26N2O/c1-25(2,3)22-17-28-24(27-22)21-16-10-15-20(26-21)23(18-11-6-4-7-12-18)19-13-8-5-9-14-19/h4-16,22-23H,17H2,1-3H3. The normalized spacial score (nSPS) is 16.7. The summed E-state index contributed by atoms with van der Waals surface area (Å²) in [6.45, 7) is 7.19. The first kappa shape index (κ1) is 18.4. The Morgan fingerprint density at radius 1 is 0.821 bits per heavy atom. The maximum Gasteiger partial charge on any atom is 0.235 e. The van der Waals surface area contributed by atoms with E-state index < -0.39 is 0 Å². The Bertz CT molecular complexity index is 919. The summed E-state index contributed by atoms with van der Waals surface area (Å²) >= 11 is 0. The molecule has 0 saturated heterocycles. The van der Waals surface area contributed by atoms with E-state index in [-0.39, 0.29) is 17.4 Å². The third kappa shape index (κ3) is 3.84. The summed E-state index contributed by atoms with van der Waals surface area (Å²) in [5, 5.41) is 0. The van der Waals surface area contributed by atoms with Gasteiger partial charge < -0.3 is 4.74 Å². The van der Waals surface area contributed by atoms with Gasteiger partial charge in [-0.1, -0.05) is 87.5 Å². The van der Waals surface area contributed by atoms with Crippen molar-refractivity contribution in [1.82, 2.24) is 4.98 Å². The fourth-order valence-electron chi connectivity index (χ4n) is 3.51. The lowest BCUT2D eigenvalue weighted by atomic mass is 9.88. The van der Waals surface area contributed by atoms with Gasteiger partial charge in [0.25, 0.3) is 0 Å². The van der Waals surface area contributed by atoms with E-state index in [4.69, 9.17) is 14.7 Å². The van der Waals surface area contributed by atoms with Crippen molar-refractivity contribution in [3.63, 3.8) is 0 Å². The molecule has 0 N–H and O–H groups in total. The fourth-order valence-corrected chi connectivity index (χ4v) is 3.51. The van der Waals surface area contributed by atoms with Crippen molar-refractivity contribution < 1.29 is 4.74 Å². The molecular weight excluding hydrogens is 344 g/mol. The summed E-state index contributed by atoms with van der Waals surface area (Å²) in [5.74, 6) is 0.726. The van der Waals surface area contributed by atoms with Crippen molar-refractivity contribution in [3.05, 3.63) is 101 Å². The van der Waals surface area contributed by atoms with Gasteiger partial charge in [-0.2, -0.15) is 0 Å². The summed E-state index contributed by atoms with van der Waals surface area (Å²) in [6, 6.07) is 27.3. The molecule has 4 rings (SSSR count). The van der Waals surface area contributed by atoms with Crippen LogP contribution in [-0.2, 0) is 4.74 Å². The predicted octanol–water partition coefficient (Wildman–Crippen LogP) is 5.45. The summed E-state index contributed by atoms with van der Waals surface area (Å²) in [5.41, 5.74) is 4.33. The lowest BCUT2D eigenvalue weighted by Gasteiger charge is -2.21. The maximum atomic E-state index is 5.91. The minimum Gasteiger partial charge on any atom is -0.474 e. The molecule has 2 aromatic carbocycles. The number of aliphatic imine (C=N–C) groups is 1. The number of aromatic nitrogens is 1. The van der Waals surface area contributed by atoms with Gasteiger partial charge in [-0.15, -0.1) is 0 Å². The highest BCUT2D eigenvalue weighted by atomic mass is 16.5. The SMILES string of the molecule is CC(C)(C)C1COC(c2cccc(C(c3ccccc3)c3ccccc3)n2)=N1. The highest BCUT2D eigenvalue weighted by Gasteiger charge is 2.31. The third-order valence-electron chi connectivity index (χ3n) is 5.20. The van der Waals surface area contributed by atoms with E-state index in [9.17, 15) is 0 Å². The molecule has 28 heavy (non-hydrogen) atoms. The van der Waals surface area contributed by atoms with E-state index in [1.165, 1.54) is 11.1 Å². The zero-order valence-corrected chi connectivity index (χ0v) is 16.7. The van der Waals surface area contributed by atoms with Crippen molar-refractivity contribution in [3.8, 4) is 0 Å². The van der Waals surface area contributed by atoms with Gasteiger partial charge >= 0.3 is 0 Å². The van der Waals surface area contributed by atoms with Gasteiger partial charge in [0.05, 0.1) is 17.7 Å². The van der Waals surface area contributed by atoms with Crippen LogP contribution < -0.4 is 0 Å². The molecule has 0 spiro atoms. The van der Waals surface area contributed by atoms with Crippen LogP contribution in [0.25, 0.3) is 0 Å². The number of pyridine rings is 1. The number of nitrogens with zero attached hydrogens (tertiary/aromatic N) is 2. The van der Waals surface area contributed by atoms with Crippen molar-refractivity contribution in [2.45, 2.75) is 32.7 Å². The Kier molecular flexibility index (Phi) is 4.99. The lowest BCUT2D eigenvalue weighted by molar-refractivity contribution is 0.235. The van der Waals surface area contributed by atoms with E-state index in [1.807, 2.05) is 24.3 Å². The van der Waals surface area contributed by atoms with Crippen molar-refractivity contribution >= 4 is 5.90 Å². The smallest absolute Gasteiger partial charge is 0.235 e. The Balaban J connectivity index is 1.74. The van der Waals surface area contributed by atoms with E-state index in [0.29, 0.717) is 12.5 Å². The van der Waals surface area contributed by atoms with Gasteiger partial charge in [-0.25, -0.2) is 9.98 Å². The molecule has 0 amide bonds. The molecule has 1 aromatic heterocycles. The number of hydrogen-bond acceptors (Lipinski definition) is 3. The Hall–Kier alpha value is -2.94. The number of rotatable bonds is 4. The molecule has 1 unspecified atom stereocenters. The van der Waals surface area contributed by atoms with Crippen molar-refractivity contribution in [2.75, 3.05) is 6.61 Å². The molecule has 0 radical (unpaired) electrons. The minimum atomic E-state index is 0.0720. The monoisotopic (exact) mass is 370 g/mol. The molecule has 3 heteroatoms. The lowest BCUT2D eigenvalue weighted by Crippen LogP contribution is -2.25. The van der Waals surface area contributed by atoms with Gasteiger partial charge in [-0.05, 0) is 28.7 Å². The molecule has 142 valence electrons. The molecule has 2 heterocycles. The first-order valence-electron chi connectivity index (χ1n) is 9.80. The molecule has 0 aliphatic carbocycles. The van der Waals surface area contributed by atoms with Crippen LogP contribution in [0.5, 0.6) is 0 Å². The predicted molar refractivity (Wildman–Crippen MR) is 114 cm³/mol. The van der Waals surface area contributed by atoms with Crippen LogP contribution in [0, 0.1) is 5.41 Å². The summed E-state index contributed by atoms with van der Waals surface area (Å²) in [4.78, 5) is 9.78. The molecule has 1 aliphatic rings. The Morgan fingerprint density at radius 3 is 1.96 bits per heavy atom. The zero-order chi connectivity index (χ0) is 19.6. The quantitative estimate of drug-likeness (QED) is 0.612. The summed E-state index contributed by atoms with van der Waals surface area (Å²) < 4.78 is 5.91. The highest BCUT2D eigenvalue weighted by molar-refractivity contribution is 5.93. The van der Waals surface area contributed by atoms with Crippen LogP contribution in [0.3, 0.4) is 0 Å². The topological polar surface area (TPSA) is 34.5 Å². The van der Waals surface area contributed by atoms with Crippen LogP contribution >= 0.6 is 0 Å². The molecule has 3 nitrogen and oxygen atoms in total. The van der Waals surface area contributed by atoms with Crippen LogP contribution in [0.15, 0.2) is 83.9 Å². The van der Waals surface area contributed by atoms with Gasteiger partial charge in [0.1, 0.15) is 12.3 Å². The summed E-state index contributed by atoms with van der Waals surface area (Å²) in [6.07, 6.45) is 0. The van der Waals surface area contributed by atoms with E-state index >= 15 is 0 Å². The average Bonchev–Trinajstić information content (AvgIpc) is 3.21. The Labute approximate surface area is 167 Å². The molecule has 1 atom stereocenters. The number of ether oxygens (including phenoxy) is 1. The van der Waals surface area contributed by atoms with Crippen LogP contribution in [-0.4, -0.2) is 23.5 Å². The maximum absolute atomic E-state index is 5.91. The molecule has 0 saturated carbocycles. The fraction of sp³-hybridized carbons (Fsp3) is 0.280. The van der Waals surface area contributed by atoms with Gasteiger partial charge in [-0.3, -0.25) is 0 Å². The second-order valence-electron chi connectivity index (χ2n) is 8.33. The van der Waals surface area contributed by atoms with Gasteiger partial charge in [0.2, 0.25) is 5.90 Å². The van der Waals surface area contributed by atoms with Crippen molar-refractivity contribution in [2.24, 2.45) is 10.4 Å². The number of hydrogen-bond donors (Lipinski definition) is 0. The first-order chi connectivity index (χ1) is 13.5. The molecule has 0 bridgehead atoms. The van der Waals surface area contributed by atoms with Crippen LogP contribution in [0.2, 0.25) is 0 Å². The van der Waals surface area contributed by atoms with Gasteiger partial charge in [0.15, 0.2) is 0 Å². The minimum absolute atomic E-state index is 0.0720. The van der Waals surface area contributed by atoms with Crippen LogP contribution in [0.4, 0.5) is 0 Å². The second-order valence-corrected chi connectivity index (χ2v) is 8.33. The van der Waals surface area contributed by atoms with E-state index in [1.54, 1.807) is 0 Å². The molecule has 0 fully saturated rings. The molecular formula is C25H26N2O. The number of benzene rings is 2. The second kappa shape index (κ2) is 7.59. The Morgan fingerprint density at radius 2 is 1.43 bits per heavy atom. The molecule has 1 aliphatic heterocycles. The third-order valence-corrected chi connectivity index (χ3v) is 5.20. The van der Waals surface area contributed by atoms with Crippen molar-refractivity contribution in [1.29, 1.82) is 0 Å². The summed E-state index contributed by atoms with van der Waals surface area (Å²) in [7, 11) is 0. The van der Waals surface area contributed by atoms with Gasteiger partial charge in [0, 0.05) is 0 Å². The highest BCUT2D eigenvalue weighted by Crippen LogP contribution is 2.31. The first-order valence-corrected chi connectivity index (χ1v) is 9.80.